The number of benzene rings is 1. The first-order valence-electron chi connectivity index (χ1n) is 5.79. The molecule has 0 heterocycles. The molecule has 4 nitrogen and oxygen atoms in total. The Bertz CT molecular complexity index is 429. The first-order valence-corrected chi connectivity index (χ1v) is 5.79. The molecule has 4 heteroatoms. The lowest BCUT2D eigenvalue weighted by atomic mass is 10.2. The van der Waals surface area contributed by atoms with E-state index in [1.165, 1.54) is 11.0 Å². The van der Waals surface area contributed by atoms with Crippen molar-refractivity contribution in [3.8, 4) is 5.75 Å². The van der Waals surface area contributed by atoms with E-state index in [0.29, 0.717) is 0 Å². The molecular weight excluding hydrogens is 230 g/mol. The van der Waals surface area contributed by atoms with Crippen LogP contribution in [0.5, 0.6) is 5.75 Å². The number of aliphatic hydroxyl groups is 1. The van der Waals surface area contributed by atoms with Gasteiger partial charge >= 0.3 is 0 Å². The molecular formula is C14H19NO3. The van der Waals surface area contributed by atoms with Gasteiger partial charge in [-0.15, -0.1) is 0 Å². The van der Waals surface area contributed by atoms with Crippen molar-refractivity contribution in [3.63, 3.8) is 0 Å². The predicted molar refractivity (Wildman–Crippen MR) is 71.3 cm³/mol. The minimum atomic E-state index is -0.195. The number of ether oxygens (including phenoxy) is 1. The molecule has 1 amide bonds. The van der Waals surface area contributed by atoms with Gasteiger partial charge in [-0.05, 0) is 19.1 Å². The lowest BCUT2D eigenvalue weighted by Gasteiger charge is -2.21. The largest absolute Gasteiger partial charge is 0.496 e. The van der Waals surface area contributed by atoms with Gasteiger partial charge in [0.25, 0.3) is 0 Å². The molecule has 0 radical (unpaired) electrons. The lowest BCUT2D eigenvalue weighted by Crippen LogP contribution is -2.36. The topological polar surface area (TPSA) is 49.8 Å². The fourth-order valence-electron chi connectivity index (χ4n) is 1.42. The Morgan fingerprint density at radius 3 is 2.78 bits per heavy atom. The summed E-state index contributed by atoms with van der Waals surface area (Å²) in [5.41, 5.74) is 0.846. The average molecular weight is 249 g/mol. The van der Waals surface area contributed by atoms with Gasteiger partial charge in [0.2, 0.25) is 5.91 Å². The zero-order valence-electron chi connectivity index (χ0n) is 11.0. The summed E-state index contributed by atoms with van der Waals surface area (Å²) in [5.74, 6) is 0.571. The molecule has 0 aliphatic rings. The smallest absolute Gasteiger partial charge is 0.246 e. The number of carbonyl (C=O) groups is 1. The first kappa shape index (κ1) is 14.3. The summed E-state index contributed by atoms with van der Waals surface area (Å²) in [6.45, 7) is 1.74. The third-order valence-electron chi connectivity index (χ3n) is 2.82. The van der Waals surface area contributed by atoms with Gasteiger partial charge in [0.15, 0.2) is 0 Å². The average Bonchev–Trinajstić information content (AvgIpc) is 2.43. The van der Waals surface area contributed by atoms with E-state index in [0.717, 1.165) is 11.3 Å². The van der Waals surface area contributed by atoms with Crippen molar-refractivity contribution in [2.75, 3.05) is 20.8 Å². The van der Waals surface area contributed by atoms with Gasteiger partial charge in [-0.25, -0.2) is 0 Å². The molecule has 18 heavy (non-hydrogen) atoms. The van der Waals surface area contributed by atoms with E-state index < -0.39 is 0 Å². The fourth-order valence-corrected chi connectivity index (χ4v) is 1.42. The van der Waals surface area contributed by atoms with Crippen LogP contribution in [0, 0.1) is 0 Å². The van der Waals surface area contributed by atoms with E-state index in [1.54, 1.807) is 27.2 Å². The predicted octanol–water partition coefficient (Wildman–Crippen LogP) is 1.55. The standard InChI is InChI=1S/C14H19NO3/c1-11(10-16)15(2)14(17)9-8-12-6-4-5-7-13(12)18-3/h4-9,11,16H,10H2,1-3H3/b9-8+. The van der Waals surface area contributed by atoms with Crippen molar-refractivity contribution >= 4 is 12.0 Å². The monoisotopic (exact) mass is 249 g/mol. The van der Waals surface area contributed by atoms with Crippen LogP contribution in [-0.4, -0.2) is 42.7 Å². The third-order valence-corrected chi connectivity index (χ3v) is 2.82. The zero-order valence-corrected chi connectivity index (χ0v) is 11.0. The minimum absolute atomic E-state index is 0.0509. The Morgan fingerprint density at radius 2 is 2.17 bits per heavy atom. The maximum atomic E-state index is 11.8. The molecule has 0 saturated heterocycles. The van der Waals surface area contributed by atoms with E-state index in [2.05, 4.69) is 0 Å². The highest BCUT2D eigenvalue weighted by atomic mass is 16.5. The van der Waals surface area contributed by atoms with Gasteiger partial charge in [0, 0.05) is 18.7 Å². The van der Waals surface area contributed by atoms with Crippen LogP contribution < -0.4 is 4.74 Å². The number of para-hydroxylation sites is 1. The Hall–Kier alpha value is -1.81. The molecule has 1 aromatic carbocycles. The summed E-state index contributed by atoms with van der Waals surface area (Å²) >= 11 is 0. The van der Waals surface area contributed by atoms with E-state index in [9.17, 15) is 4.79 Å². The van der Waals surface area contributed by atoms with Crippen molar-refractivity contribution in [2.24, 2.45) is 0 Å². The highest BCUT2D eigenvalue weighted by Gasteiger charge is 2.11. The van der Waals surface area contributed by atoms with Crippen molar-refractivity contribution in [3.05, 3.63) is 35.9 Å². The zero-order chi connectivity index (χ0) is 13.5. The SMILES string of the molecule is COc1ccccc1/C=C/C(=O)N(C)C(C)CO. The lowest BCUT2D eigenvalue weighted by molar-refractivity contribution is -0.127. The van der Waals surface area contributed by atoms with Gasteiger partial charge in [-0.3, -0.25) is 4.79 Å². The summed E-state index contributed by atoms with van der Waals surface area (Å²) in [6.07, 6.45) is 3.19. The molecule has 1 rings (SSSR count). The number of rotatable bonds is 5. The molecule has 98 valence electrons. The number of carbonyl (C=O) groups excluding carboxylic acids is 1. The molecule has 0 aliphatic heterocycles. The van der Waals surface area contributed by atoms with E-state index in [4.69, 9.17) is 9.84 Å². The number of likely N-dealkylation sites (N-methyl/N-ethyl adjacent to an activating group) is 1. The minimum Gasteiger partial charge on any atom is -0.496 e. The molecule has 0 bridgehead atoms. The second kappa shape index (κ2) is 6.81. The summed E-state index contributed by atoms with van der Waals surface area (Å²) in [7, 11) is 3.25. The number of methoxy groups -OCH3 is 1. The summed E-state index contributed by atoms with van der Waals surface area (Å²) in [6, 6.07) is 7.27. The van der Waals surface area contributed by atoms with Crippen LogP contribution in [0.4, 0.5) is 0 Å². The maximum Gasteiger partial charge on any atom is 0.246 e. The van der Waals surface area contributed by atoms with Gasteiger partial charge in [0.05, 0.1) is 19.8 Å². The highest BCUT2D eigenvalue weighted by Crippen LogP contribution is 2.18. The molecule has 1 aromatic rings. The number of hydrogen-bond acceptors (Lipinski definition) is 3. The normalized spacial score (nSPS) is 12.4. The molecule has 0 fully saturated rings. The van der Waals surface area contributed by atoms with Crippen molar-refractivity contribution in [1.29, 1.82) is 0 Å². The molecule has 0 saturated carbocycles. The van der Waals surface area contributed by atoms with Gasteiger partial charge in [0.1, 0.15) is 5.75 Å². The first-order chi connectivity index (χ1) is 8.60. The Morgan fingerprint density at radius 1 is 1.50 bits per heavy atom. The molecule has 0 aliphatic carbocycles. The van der Waals surface area contributed by atoms with Crippen molar-refractivity contribution in [2.45, 2.75) is 13.0 Å². The second-order valence-electron chi connectivity index (χ2n) is 4.06. The molecule has 1 N–H and O–H groups in total. The van der Waals surface area contributed by atoms with Crippen LogP contribution in [0.25, 0.3) is 6.08 Å². The van der Waals surface area contributed by atoms with Crippen LogP contribution in [-0.2, 0) is 4.79 Å². The molecule has 0 spiro atoms. The van der Waals surface area contributed by atoms with Crippen LogP contribution in [0.15, 0.2) is 30.3 Å². The number of nitrogens with zero attached hydrogens (tertiary/aromatic N) is 1. The summed E-state index contributed by atoms with van der Waals surface area (Å²) < 4.78 is 5.19. The van der Waals surface area contributed by atoms with E-state index in [-0.39, 0.29) is 18.6 Å². The van der Waals surface area contributed by atoms with Crippen LogP contribution in [0.1, 0.15) is 12.5 Å². The number of aliphatic hydroxyl groups excluding tert-OH is 1. The van der Waals surface area contributed by atoms with Crippen LogP contribution >= 0.6 is 0 Å². The van der Waals surface area contributed by atoms with Crippen LogP contribution in [0.3, 0.4) is 0 Å². The second-order valence-corrected chi connectivity index (χ2v) is 4.06. The van der Waals surface area contributed by atoms with Crippen LogP contribution in [0.2, 0.25) is 0 Å². The van der Waals surface area contributed by atoms with Gasteiger partial charge in [-0.2, -0.15) is 0 Å². The molecule has 0 aromatic heterocycles. The Kier molecular flexibility index (Phi) is 5.39. The van der Waals surface area contributed by atoms with Gasteiger partial charge in [-0.1, -0.05) is 18.2 Å². The third kappa shape index (κ3) is 3.60. The molecule has 1 unspecified atom stereocenters. The van der Waals surface area contributed by atoms with E-state index in [1.807, 2.05) is 24.3 Å². The van der Waals surface area contributed by atoms with Gasteiger partial charge < -0.3 is 14.7 Å². The number of hydrogen-bond donors (Lipinski definition) is 1. The Balaban J connectivity index is 2.77. The summed E-state index contributed by atoms with van der Waals surface area (Å²) in [4.78, 5) is 13.3. The van der Waals surface area contributed by atoms with Crippen molar-refractivity contribution in [1.82, 2.24) is 4.90 Å². The number of amides is 1. The summed E-state index contributed by atoms with van der Waals surface area (Å²) in [5, 5.41) is 8.98. The van der Waals surface area contributed by atoms with E-state index >= 15 is 0 Å². The molecule has 1 atom stereocenters. The quantitative estimate of drug-likeness (QED) is 0.805. The maximum absolute atomic E-state index is 11.8. The highest BCUT2D eigenvalue weighted by molar-refractivity contribution is 5.92. The fraction of sp³-hybridized carbons (Fsp3) is 0.357. The van der Waals surface area contributed by atoms with Crippen molar-refractivity contribution < 1.29 is 14.6 Å². The Labute approximate surface area is 107 Å².